The van der Waals surface area contributed by atoms with Crippen molar-refractivity contribution >= 4 is 122 Å². The Labute approximate surface area is 582 Å². The molecule has 14 rings (SSSR count). The van der Waals surface area contributed by atoms with E-state index < -0.39 is 0 Å². The number of fused-ring (bicyclic) bond motifs is 6. The van der Waals surface area contributed by atoms with Gasteiger partial charge in [-0.15, -0.1) is 12.3 Å². The minimum atomic E-state index is 0.0543. The fraction of sp³-hybridized carbons (Fsp3) is 0.143. The van der Waals surface area contributed by atoms with Crippen molar-refractivity contribution in [2.24, 2.45) is 5.16 Å². The van der Waals surface area contributed by atoms with Crippen molar-refractivity contribution in [2.75, 3.05) is 78.4 Å². The predicted octanol–water partition coefficient (Wildman–Crippen LogP) is 18.3. The number of aliphatic hydroxyl groups is 2. The third-order valence-electron chi connectivity index (χ3n) is 15.8. The van der Waals surface area contributed by atoms with Crippen LogP contribution in [-0.4, -0.2) is 85.3 Å². The number of halogens is 1. The Morgan fingerprint density at radius 3 is 1.48 bits per heavy atom. The number of pyridine rings is 1. The Kier molecular flexibility index (Phi) is 27.4. The number of benzene rings is 12. The van der Waals surface area contributed by atoms with E-state index >= 15 is 0 Å². The van der Waals surface area contributed by atoms with Crippen LogP contribution in [0.4, 0.5) is 28.4 Å². The summed E-state index contributed by atoms with van der Waals surface area (Å²) in [7, 11) is 0. The van der Waals surface area contributed by atoms with E-state index in [1.54, 1.807) is 6.07 Å². The first-order chi connectivity index (χ1) is 47.8. The second-order valence-electron chi connectivity index (χ2n) is 22.2. The van der Waals surface area contributed by atoms with Gasteiger partial charge in [0.05, 0.1) is 36.9 Å². The lowest BCUT2D eigenvalue weighted by molar-refractivity contribution is 0.303. The van der Waals surface area contributed by atoms with E-state index in [4.69, 9.17) is 33.7 Å². The lowest BCUT2D eigenvalue weighted by atomic mass is 10.00. The number of nitriles is 1. The highest BCUT2D eigenvalue weighted by molar-refractivity contribution is 14.1. The fourth-order valence-corrected chi connectivity index (χ4v) is 11.8. The maximum absolute atomic E-state index is 9.05. The van der Waals surface area contributed by atoms with Gasteiger partial charge in [0.25, 0.3) is 6.67 Å². The van der Waals surface area contributed by atoms with Crippen LogP contribution in [0.1, 0.15) is 30.7 Å². The highest BCUT2D eigenvalue weighted by atomic mass is 127. The average molecular weight is 1390 g/mol. The molecular weight excluding hydrogens is 1310 g/mol. The molecule has 6 N–H and O–H groups in total. The molecule has 13 heteroatoms. The van der Waals surface area contributed by atoms with Gasteiger partial charge in [0.1, 0.15) is 11.7 Å². The average Bonchev–Trinajstić information content (AvgIpc) is 0.813. The molecule has 97 heavy (non-hydrogen) atoms. The summed E-state index contributed by atoms with van der Waals surface area (Å²) < 4.78 is 1.32. The van der Waals surface area contributed by atoms with Crippen molar-refractivity contribution in [1.82, 2.24) is 4.98 Å². The van der Waals surface area contributed by atoms with Gasteiger partial charge in [-0.1, -0.05) is 236 Å². The zero-order valence-electron chi connectivity index (χ0n) is 53.9. The number of terminal acetylenes is 1. The Bertz CT molecular complexity index is 4880. The minimum absolute atomic E-state index is 0.0543. The van der Waals surface area contributed by atoms with Crippen LogP contribution < -0.4 is 25.8 Å². The molecule has 1 aliphatic rings. The molecule has 1 unspecified atom stereocenters. The van der Waals surface area contributed by atoms with Gasteiger partial charge in [0, 0.05) is 98.8 Å². The standard InChI is InChI=1S/C20H17N3O.C14H14N2O.C14H12N2.C14H13N.C12H13NO.C10H7I/c24-22-15-18-11-6-10-17(23-18)9-3-4-14-21-20-13-5-8-16-7-1-2-12-19(16)20;1-15-11-16(9-10-17)14-8-4-6-12-5-2-3-7-13(12)14;15-10-12-8-9-16(12)14-7-3-5-11-4-1-2-6-13(11)14;1-2-3-11-15-14-10-6-8-12-7-4-5-9-13(12)14;14-9-8-13-12-7-3-5-10-4-1-2-6-11(10)12;11-10-7-3-5-8-4-1-2-6-9(8)10/h1-2,5-8,10-13,15,21,24H,4,14H2;2-8,17H,9-11H2;1-7,12H,8-9H2;1,4-10,15H,3,11H2;1-7,13-14H,8-9H2;1-7H/b22-15-;;;;;. The maximum Gasteiger partial charge on any atom is 0.289 e. The van der Waals surface area contributed by atoms with Gasteiger partial charge in [-0.3, -0.25) is 4.85 Å². The first kappa shape index (κ1) is 69.9. The van der Waals surface area contributed by atoms with Gasteiger partial charge in [0.2, 0.25) is 0 Å². The van der Waals surface area contributed by atoms with Gasteiger partial charge < -0.3 is 41.2 Å². The number of hydrogen-bond donors (Lipinski definition) is 6. The number of rotatable bonds is 15. The van der Waals surface area contributed by atoms with Gasteiger partial charge in [-0.25, -0.2) is 11.6 Å². The topological polar surface area (TPSA) is 157 Å². The molecule has 0 saturated carbocycles. The lowest BCUT2D eigenvalue weighted by Gasteiger charge is -2.39. The molecule has 12 nitrogen and oxygen atoms in total. The van der Waals surface area contributed by atoms with Crippen molar-refractivity contribution in [1.29, 1.82) is 5.26 Å². The van der Waals surface area contributed by atoms with Crippen LogP contribution in [0, 0.1) is 45.7 Å². The second-order valence-corrected chi connectivity index (χ2v) is 23.3. The summed E-state index contributed by atoms with van der Waals surface area (Å²) in [5.74, 6) is 8.75. The Morgan fingerprint density at radius 1 is 0.546 bits per heavy atom. The molecule has 1 fully saturated rings. The zero-order chi connectivity index (χ0) is 67.7. The van der Waals surface area contributed by atoms with E-state index in [0.29, 0.717) is 30.9 Å². The number of hydrogen-bond acceptors (Lipinski definition) is 11. The van der Waals surface area contributed by atoms with Crippen LogP contribution >= 0.6 is 22.6 Å². The summed E-state index contributed by atoms with van der Waals surface area (Å²) in [6, 6.07) is 94.8. The summed E-state index contributed by atoms with van der Waals surface area (Å²) >= 11 is 2.36. The molecule has 1 aromatic heterocycles. The molecule has 0 radical (unpaired) electrons. The monoisotopic (exact) mass is 1390 g/mol. The van der Waals surface area contributed by atoms with E-state index in [0.717, 1.165) is 66.0 Å². The normalized spacial score (nSPS) is 11.7. The summed E-state index contributed by atoms with van der Waals surface area (Å²) in [5, 5.41) is 63.0. The van der Waals surface area contributed by atoms with E-state index in [2.05, 4.69) is 240 Å². The van der Waals surface area contributed by atoms with Gasteiger partial charge >= 0.3 is 0 Å². The zero-order valence-corrected chi connectivity index (χ0v) is 56.1. The summed E-state index contributed by atoms with van der Waals surface area (Å²) in [6.45, 7) is 11.1. The number of aromatic nitrogens is 1. The second kappa shape index (κ2) is 38.1. The summed E-state index contributed by atoms with van der Waals surface area (Å²) in [5.41, 5.74) is 6.80. The first-order valence-corrected chi connectivity index (χ1v) is 33.2. The smallest absolute Gasteiger partial charge is 0.289 e. The van der Waals surface area contributed by atoms with Crippen LogP contribution in [0.3, 0.4) is 0 Å². The molecule has 1 atom stereocenters. The number of oxime groups is 1. The Hall–Kier alpha value is -11.4. The van der Waals surface area contributed by atoms with E-state index in [9.17, 15) is 0 Å². The van der Waals surface area contributed by atoms with Gasteiger partial charge in [-0.2, -0.15) is 5.26 Å². The largest absolute Gasteiger partial charge is 0.411 e. The van der Waals surface area contributed by atoms with Crippen LogP contribution in [0.15, 0.2) is 278 Å². The first-order valence-electron chi connectivity index (χ1n) is 32.1. The Morgan fingerprint density at radius 2 is 0.990 bits per heavy atom. The predicted molar refractivity (Wildman–Crippen MR) is 415 cm³/mol. The lowest BCUT2D eigenvalue weighted by Crippen LogP contribution is -2.46. The van der Waals surface area contributed by atoms with E-state index in [1.807, 2.05) is 114 Å². The third kappa shape index (κ3) is 20.1. The molecule has 2 heterocycles. The molecule has 12 aromatic carbocycles. The van der Waals surface area contributed by atoms with Crippen molar-refractivity contribution in [3.05, 3.63) is 299 Å². The van der Waals surface area contributed by atoms with Crippen molar-refractivity contribution in [2.45, 2.75) is 25.3 Å². The highest BCUT2D eigenvalue weighted by Crippen LogP contribution is 2.33. The van der Waals surface area contributed by atoms with Gasteiger partial charge in [-0.05, 0) is 121 Å². The third-order valence-corrected chi connectivity index (χ3v) is 16.8. The van der Waals surface area contributed by atoms with Crippen molar-refractivity contribution in [3.8, 4) is 30.3 Å². The molecule has 0 aliphatic carbocycles. The molecule has 1 saturated heterocycles. The minimum Gasteiger partial charge on any atom is -0.411 e. The van der Waals surface area contributed by atoms with E-state index in [-0.39, 0.29) is 25.9 Å². The fourth-order valence-electron chi connectivity index (χ4n) is 11.1. The SMILES string of the molecule is C#CCCNc1cccc2ccccc12.Ic1cccc2ccccc12.N#CC1CCN1c1cccc2ccccc12.O/N=C\c1cccc(C#CCCNc2cccc3ccccc23)n1.OCCNc1cccc2ccccc12.[C-]#[N+]CN(CCO)c1cccc2ccccc12. The molecule has 13 aromatic rings. The van der Waals surface area contributed by atoms with Crippen molar-refractivity contribution < 1.29 is 15.4 Å². The molecule has 0 amide bonds. The summed E-state index contributed by atoms with van der Waals surface area (Å²) in [4.78, 5) is 11.7. The van der Waals surface area contributed by atoms with Crippen LogP contribution in [0.5, 0.6) is 0 Å². The number of nitrogens with one attached hydrogen (secondary N) is 3. The van der Waals surface area contributed by atoms with Crippen LogP contribution in [0.2, 0.25) is 0 Å². The van der Waals surface area contributed by atoms with Crippen LogP contribution in [0.25, 0.3) is 69.5 Å². The molecular formula is C84H76IN9O3. The number of nitrogens with zero attached hydrogens (tertiary/aromatic N) is 6. The number of anilines is 5. The van der Waals surface area contributed by atoms with E-state index in [1.165, 1.54) is 69.3 Å². The molecule has 0 bridgehead atoms. The quantitative estimate of drug-likeness (QED) is 0.0111. The van der Waals surface area contributed by atoms with Gasteiger partial charge in [0.15, 0.2) is 0 Å². The van der Waals surface area contributed by atoms with Crippen molar-refractivity contribution in [3.63, 3.8) is 0 Å². The summed E-state index contributed by atoms with van der Waals surface area (Å²) in [6.07, 6.45) is 8.95. The molecule has 482 valence electrons. The molecule has 1 aliphatic heterocycles. The maximum atomic E-state index is 9.05. The highest BCUT2D eigenvalue weighted by Gasteiger charge is 2.28. The molecule has 0 spiro atoms. The Balaban J connectivity index is 0.000000138. The van der Waals surface area contributed by atoms with Crippen LogP contribution in [-0.2, 0) is 0 Å². The number of aliphatic hydroxyl groups excluding tert-OH is 2.